The molecule has 0 spiro atoms. The zero-order valence-electron chi connectivity index (χ0n) is 16.8. The molecule has 2 rings (SSSR count). The number of hydrogen-bond acceptors (Lipinski definition) is 4. The minimum Gasteiger partial charge on any atom is -0.377 e. The van der Waals surface area contributed by atoms with Crippen molar-refractivity contribution in [3.63, 3.8) is 0 Å². The van der Waals surface area contributed by atoms with E-state index in [0.29, 0.717) is 5.03 Å². The van der Waals surface area contributed by atoms with Crippen LogP contribution in [-0.4, -0.2) is 20.4 Å². The van der Waals surface area contributed by atoms with Crippen LogP contribution in [0.4, 0.5) is 11.4 Å². The Hall–Kier alpha value is -2.46. The standard InChI is InChI=1S/C23H28N2OS/c1-7-18-13-19(10-11-20(18)15-26)22(8-2)25(17(4)27)21-12-9-16(3)23(14-21)24(5)6/h8-15,27H,4,7H2,1-3,5-6H3/b22-8-. The van der Waals surface area contributed by atoms with E-state index in [1.165, 1.54) is 5.56 Å². The number of aldehydes is 1. The quantitative estimate of drug-likeness (QED) is 0.492. The van der Waals surface area contributed by atoms with Crippen molar-refractivity contribution in [3.05, 3.63) is 76.3 Å². The number of thiol groups is 1. The van der Waals surface area contributed by atoms with E-state index in [-0.39, 0.29) is 0 Å². The van der Waals surface area contributed by atoms with Gasteiger partial charge in [0, 0.05) is 36.7 Å². The van der Waals surface area contributed by atoms with Gasteiger partial charge in [0.1, 0.15) is 6.29 Å². The molecule has 27 heavy (non-hydrogen) atoms. The van der Waals surface area contributed by atoms with Crippen LogP contribution in [0.1, 0.15) is 40.9 Å². The van der Waals surface area contributed by atoms with E-state index in [9.17, 15) is 4.79 Å². The molecule has 0 fully saturated rings. The van der Waals surface area contributed by atoms with Crippen molar-refractivity contribution in [3.8, 4) is 0 Å². The minimum absolute atomic E-state index is 0.633. The maximum absolute atomic E-state index is 11.3. The second kappa shape index (κ2) is 8.96. The fourth-order valence-corrected chi connectivity index (χ4v) is 3.48. The average molecular weight is 381 g/mol. The Balaban J connectivity index is 2.60. The first kappa shape index (κ1) is 20.8. The Labute approximate surface area is 168 Å². The number of hydrogen-bond donors (Lipinski definition) is 1. The lowest BCUT2D eigenvalue weighted by molar-refractivity contribution is 0.112. The van der Waals surface area contributed by atoms with Crippen molar-refractivity contribution in [2.75, 3.05) is 23.9 Å². The molecule has 0 aliphatic rings. The van der Waals surface area contributed by atoms with Crippen LogP contribution in [0, 0.1) is 6.92 Å². The van der Waals surface area contributed by atoms with E-state index in [4.69, 9.17) is 0 Å². The molecule has 0 atom stereocenters. The fraction of sp³-hybridized carbons (Fsp3) is 0.261. The predicted molar refractivity (Wildman–Crippen MR) is 121 cm³/mol. The normalized spacial score (nSPS) is 11.3. The fourth-order valence-electron chi connectivity index (χ4n) is 3.26. The Morgan fingerprint density at radius 1 is 1.19 bits per heavy atom. The van der Waals surface area contributed by atoms with Crippen LogP contribution in [0.25, 0.3) is 5.70 Å². The molecule has 0 aliphatic heterocycles. The lowest BCUT2D eigenvalue weighted by atomic mass is 10.00. The summed E-state index contributed by atoms with van der Waals surface area (Å²) < 4.78 is 0. The average Bonchev–Trinajstić information content (AvgIpc) is 2.65. The molecule has 0 saturated carbocycles. The molecule has 0 bridgehead atoms. The van der Waals surface area contributed by atoms with Gasteiger partial charge in [-0.05, 0) is 55.2 Å². The summed E-state index contributed by atoms with van der Waals surface area (Å²) in [6.45, 7) is 10.2. The van der Waals surface area contributed by atoms with Gasteiger partial charge >= 0.3 is 0 Å². The third-order valence-electron chi connectivity index (χ3n) is 4.65. The topological polar surface area (TPSA) is 23.6 Å². The molecular formula is C23H28N2OS. The second-order valence-electron chi connectivity index (χ2n) is 6.68. The Bertz CT molecular complexity index is 884. The van der Waals surface area contributed by atoms with Gasteiger partial charge in [-0.25, -0.2) is 0 Å². The van der Waals surface area contributed by atoms with E-state index in [1.54, 1.807) is 0 Å². The van der Waals surface area contributed by atoms with Gasteiger partial charge in [0.15, 0.2) is 0 Å². The van der Waals surface area contributed by atoms with Gasteiger partial charge in [0.05, 0.1) is 5.03 Å². The van der Waals surface area contributed by atoms with Crippen molar-refractivity contribution in [2.24, 2.45) is 0 Å². The van der Waals surface area contributed by atoms with Gasteiger partial charge in [-0.2, -0.15) is 0 Å². The van der Waals surface area contributed by atoms with Crippen LogP contribution in [0.15, 0.2) is 54.1 Å². The number of allylic oxidation sites excluding steroid dienone is 1. The van der Waals surface area contributed by atoms with E-state index < -0.39 is 0 Å². The molecule has 2 aromatic rings. The summed E-state index contributed by atoms with van der Waals surface area (Å²) in [5.74, 6) is 0. The molecule has 0 heterocycles. The van der Waals surface area contributed by atoms with Gasteiger partial charge < -0.3 is 9.80 Å². The lowest BCUT2D eigenvalue weighted by Gasteiger charge is -2.29. The molecule has 0 radical (unpaired) electrons. The van der Waals surface area contributed by atoms with Crippen LogP contribution < -0.4 is 9.80 Å². The predicted octanol–water partition coefficient (Wildman–Crippen LogP) is 5.70. The van der Waals surface area contributed by atoms with Crippen LogP contribution in [-0.2, 0) is 6.42 Å². The van der Waals surface area contributed by atoms with Crippen molar-refractivity contribution in [2.45, 2.75) is 27.2 Å². The third kappa shape index (κ3) is 4.45. The molecule has 0 N–H and O–H groups in total. The van der Waals surface area contributed by atoms with Gasteiger partial charge in [0.2, 0.25) is 0 Å². The number of rotatable bonds is 7. The van der Waals surface area contributed by atoms with Gasteiger partial charge in [-0.15, -0.1) is 12.6 Å². The molecule has 0 unspecified atom stereocenters. The van der Waals surface area contributed by atoms with Crippen LogP contribution in [0.2, 0.25) is 0 Å². The van der Waals surface area contributed by atoms with Crippen molar-refractivity contribution in [1.82, 2.24) is 0 Å². The van der Waals surface area contributed by atoms with Crippen molar-refractivity contribution < 1.29 is 4.79 Å². The SMILES string of the molecule is C=C(S)N(/C(=C\C)c1ccc(C=O)c(CC)c1)c1ccc(C)c(N(C)C)c1. The number of nitrogens with zero attached hydrogens (tertiary/aromatic N) is 2. The zero-order valence-corrected chi connectivity index (χ0v) is 17.7. The number of carbonyl (C=O) groups is 1. The minimum atomic E-state index is 0.633. The molecule has 0 aliphatic carbocycles. The maximum Gasteiger partial charge on any atom is 0.150 e. The Morgan fingerprint density at radius 2 is 1.89 bits per heavy atom. The molecule has 0 aromatic heterocycles. The summed E-state index contributed by atoms with van der Waals surface area (Å²) in [4.78, 5) is 15.4. The molecule has 142 valence electrons. The summed E-state index contributed by atoms with van der Waals surface area (Å²) in [6.07, 6.45) is 3.76. The summed E-state index contributed by atoms with van der Waals surface area (Å²) in [6, 6.07) is 12.3. The zero-order chi connectivity index (χ0) is 20.1. The van der Waals surface area contributed by atoms with E-state index in [1.807, 2.05) is 44.1 Å². The second-order valence-corrected chi connectivity index (χ2v) is 7.19. The highest BCUT2D eigenvalue weighted by molar-refractivity contribution is 7.84. The number of benzene rings is 2. The number of aryl methyl sites for hydroxylation is 2. The summed E-state index contributed by atoms with van der Waals surface area (Å²) in [5.41, 5.74) is 7.13. The largest absolute Gasteiger partial charge is 0.377 e. The van der Waals surface area contributed by atoms with Crippen LogP contribution >= 0.6 is 12.6 Å². The molecule has 3 nitrogen and oxygen atoms in total. The van der Waals surface area contributed by atoms with Gasteiger partial charge in [0.25, 0.3) is 0 Å². The third-order valence-corrected chi connectivity index (χ3v) is 4.85. The highest BCUT2D eigenvalue weighted by Crippen LogP contribution is 2.35. The van der Waals surface area contributed by atoms with Gasteiger partial charge in [-0.1, -0.05) is 37.8 Å². The van der Waals surface area contributed by atoms with Crippen LogP contribution in [0.5, 0.6) is 0 Å². The maximum atomic E-state index is 11.3. The first-order valence-electron chi connectivity index (χ1n) is 9.04. The molecule has 0 saturated heterocycles. The highest BCUT2D eigenvalue weighted by Gasteiger charge is 2.17. The highest BCUT2D eigenvalue weighted by atomic mass is 32.1. The Kier molecular flexibility index (Phi) is 6.92. The summed E-state index contributed by atoms with van der Waals surface area (Å²) in [5, 5.41) is 0.633. The number of carbonyl (C=O) groups excluding carboxylic acids is 1. The molecule has 4 heteroatoms. The lowest BCUT2D eigenvalue weighted by Crippen LogP contribution is -2.19. The van der Waals surface area contributed by atoms with Crippen LogP contribution in [0.3, 0.4) is 0 Å². The van der Waals surface area contributed by atoms with Gasteiger partial charge in [-0.3, -0.25) is 4.79 Å². The Morgan fingerprint density at radius 3 is 2.41 bits per heavy atom. The first-order valence-corrected chi connectivity index (χ1v) is 9.49. The van der Waals surface area contributed by atoms with Crippen molar-refractivity contribution in [1.29, 1.82) is 0 Å². The monoisotopic (exact) mass is 380 g/mol. The van der Waals surface area contributed by atoms with Crippen molar-refractivity contribution >= 4 is 36.0 Å². The first-order chi connectivity index (χ1) is 12.8. The van der Waals surface area contributed by atoms with E-state index in [2.05, 4.69) is 62.2 Å². The smallest absolute Gasteiger partial charge is 0.150 e. The summed E-state index contributed by atoms with van der Waals surface area (Å²) in [7, 11) is 4.07. The molecular weight excluding hydrogens is 352 g/mol. The number of anilines is 2. The van der Waals surface area contributed by atoms with E-state index in [0.717, 1.165) is 46.5 Å². The van der Waals surface area contributed by atoms with E-state index >= 15 is 0 Å². The molecule has 2 aromatic carbocycles. The molecule has 0 amide bonds. The summed E-state index contributed by atoms with van der Waals surface area (Å²) >= 11 is 4.57.